The zero-order chi connectivity index (χ0) is 28.7. The molecule has 0 saturated carbocycles. The predicted octanol–water partition coefficient (Wildman–Crippen LogP) is 7.83. The Labute approximate surface area is 239 Å². The van der Waals surface area contributed by atoms with Crippen LogP contribution in [-0.4, -0.2) is 28.4 Å². The van der Waals surface area contributed by atoms with Crippen LogP contribution in [0, 0.1) is 0 Å². The lowest BCUT2D eigenvalue weighted by molar-refractivity contribution is -0.0893. The Morgan fingerprint density at radius 1 is 0.750 bits per heavy atom. The van der Waals surface area contributed by atoms with Gasteiger partial charge in [0, 0.05) is 16.5 Å². The maximum absolute atomic E-state index is 10.5. The summed E-state index contributed by atoms with van der Waals surface area (Å²) in [4.78, 5) is 0. The molecule has 3 nitrogen and oxygen atoms in total. The van der Waals surface area contributed by atoms with Crippen molar-refractivity contribution in [3.8, 4) is 5.69 Å². The molecule has 1 aromatic heterocycles. The van der Waals surface area contributed by atoms with Gasteiger partial charge in [0.2, 0.25) is 0 Å². The molecule has 0 saturated heterocycles. The van der Waals surface area contributed by atoms with E-state index >= 15 is 0 Å². The average molecular weight is 532 g/mol. The molecular formula is C36H42BNO2. The lowest BCUT2D eigenvalue weighted by Gasteiger charge is -2.42. The number of rotatable bonds is 5. The summed E-state index contributed by atoms with van der Waals surface area (Å²) in [6.07, 6.45) is 2.39. The molecule has 0 radical (unpaired) electrons. The van der Waals surface area contributed by atoms with E-state index in [-0.39, 0.29) is 10.8 Å². The lowest BCUT2D eigenvalue weighted by Crippen LogP contribution is -2.49. The van der Waals surface area contributed by atoms with Crippen LogP contribution in [0.15, 0.2) is 72.8 Å². The molecule has 6 rings (SSSR count). The van der Waals surface area contributed by atoms with E-state index in [0.29, 0.717) is 7.48 Å². The fraction of sp³-hybridized carbons (Fsp3) is 0.389. The standard InChI is InChI=1S/C36H42BNO2/c1-33(2)19-20-34(3,4)29-22-31-27(21-28(29)33)32-26-12-10-9-11-23(26)13-18-30(32)38(31)25-16-14-24(15-17-25)37-40-36(7,8)35(5,6)39/h9-18,21-22,37,39H,19-20H2,1-8H3. The van der Waals surface area contributed by atoms with Crippen LogP contribution in [0.3, 0.4) is 0 Å². The zero-order valence-corrected chi connectivity index (χ0v) is 25.4. The molecule has 0 amide bonds. The first-order valence-electron chi connectivity index (χ1n) is 14.7. The summed E-state index contributed by atoms with van der Waals surface area (Å²) in [6, 6.07) is 27.0. The molecule has 5 aromatic rings. The first-order valence-corrected chi connectivity index (χ1v) is 14.7. The fourth-order valence-corrected chi connectivity index (χ4v) is 6.31. The lowest BCUT2D eigenvalue weighted by atomic mass is 9.63. The van der Waals surface area contributed by atoms with E-state index in [9.17, 15) is 5.11 Å². The van der Waals surface area contributed by atoms with Crippen LogP contribution in [0.4, 0.5) is 0 Å². The van der Waals surface area contributed by atoms with Crippen LogP contribution in [0.1, 0.15) is 79.4 Å². The topological polar surface area (TPSA) is 34.4 Å². The van der Waals surface area contributed by atoms with E-state index in [2.05, 4.69) is 105 Å². The zero-order valence-electron chi connectivity index (χ0n) is 25.4. The van der Waals surface area contributed by atoms with Crippen molar-refractivity contribution >= 4 is 45.5 Å². The smallest absolute Gasteiger partial charge is 0.309 e. The minimum atomic E-state index is -0.930. The van der Waals surface area contributed by atoms with Crippen molar-refractivity contribution in [2.45, 2.75) is 90.3 Å². The minimum Gasteiger partial charge on any atom is -0.427 e. The second kappa shape index (κ2) is 8.96. The molecule has 1 aliphatic rings. The number of aromatic nitrogens is 1. The summed E-state index contributed by atoms with van der Waals surface area (Å²) in [5.74, 6) is 0. The molecule has 0 bridgehead atoms. The van der Waals surface area contributed by atoms with Gasteiger partial charge >= 0.3 is 7.48 Å². The van der Waals surface area contributed by atoms with Crippen LogP contribution >= 0.6 is 0 Å². The number of benzene rings is 4. The quantitative estimate of drug-likeness (QED) is 0.235. The van der Waals surface area contributed by atoms with Crippen molar-refractivity contribution in [3.63, 3.8) is 0 Å². The van der Waals surface area contributed by atoms with Crippen molar-refractivity contribution in [2.75, 3.05) is 0 Å². The van der Waals surface area contributed by atoms with E-state index in [4.69, 9.17) is 4.65 Å². The highest BCUT2D eigenvalue weighted by atomic mass is 16.5. The Balaban J connectivity index is 1.56. The van der Waals surface area contributed by atoms with Gasteiger partial charge in [-0.3, -0.25) is 0 Å². The molecule has 0 spiro atoms. The third-order valence-corrected chi connectivity index (χ3v) is 9.89. The van der Waals surface area contributed by atoms with Crippen LogP contribution in [0.5, 0.6) is 0 Å². The van der Waals surface area contributed by atoms with Gasteiger partial charge in [0.1, 0.15) is 0 Å². The van der Waals surface area contributed by atoms with Crippen molar-refractivity contribution in [1.29, 1.82) is 0 Å². The highest BCUT2D eigenvalue weighted by Gasteiger charge is 2.38. The SMILES string of the molecule is CC1(C)CCC(C)(C)c2cc3c(cc21)c1c2ccccc2ccc1n3-c1ccc(BOC(C)(C)C(C)(C)O)cc1. The van der Waals surface area contributed by atoms with E-state index < -0.39 is 11.2 Å². The van der Waals surface area contributed by atoms with Gasteiger partial charge in [-0.2, -0.15) is 0 Å². The molecule has 0 aliphatic heterocycles. The van der Waals surface area contributed by atoms with Crippen molar-refractivity contribution in [1.82, 2.24) is 4.57 Å². The second-order valence-corrected chi connectivity index (χ2v) is 14.2. The molecule has 40 heavy (non-hydrogen) atoms. The van der Waals surface area contributed by atoms with Crippen molar-refractivity contribution < 1.29 is 9.76 Å². The Morgan fingerprint density at radius 3 is 2.02 bits per heavy atom. The van der Waals surface area contributed by atoms with Gasteiger partial charge in [-0.05, 0) is 104 Å². The van der Waals surface area contributed by atoms with Gasteiger partial charge in [0.05, 0.1) is 22.2 Å². The summed E-state index contributed by atoms with van der Waals surface area (Å²) < 4.78 is 8.59. The first-order chi connectivity index (χ1) is 18.7. The van der Waals surface area contributed by atoms with E-state index in [1.54, 1.807) is 13.8 Å². The first kappa shape index (κ1) is 27.1. The number of aliphatic hydroxyl groups is 1. The summed E-state index contributed by atoms with van der Waals surface area (Å²) in [5.41, 5.74) is 6.41. The molecule has 1 heterocycles. The normalized spacial score (nSPS) is 16.9. The number of fused-ring (bicyclic) bond motifs is 6. The maximum Gasteiger partial charge on any atom is 0.309 e. The number of hydrogen-bond donors (Lipinski definition) is 1. The van der Waals surface area contributed by atoms with Gasteiger partial charge in [0.15, 0.2) is 0 Å². The van der Waals surface area contributed by atoms with Crippen LogP contribution in [0.25, 0.3) is 38.3 Å². The van der Waals surface area contributed by atoms with Crippen molar-refractivity contribution in [2.24, 2.45) is 0 Å². The summed E-state index contributed by atoms with van der Waals surface area (Å²) >= 11 is 0. The van der Waals surface area contributed by atoms with E-state index in [1.807, 2.05) is 13.8 Å². The highest BCUT2D eigenvalue weighted by Crippen LogP contribution is 2.49. The summed E-state index contributed by atoms with van der Waals surface area (Å²) in [7, 11) is 0.450. The maximum atomic E-state index is 10.5. The molecular weight excluding hydrogens is 489 g/mol. The fourth-order valence-electron chi connectivity index (χ4n) is 6.31. The largest absolute Gasteiger partial charge is 0.427 e. The van der Waals surface area contributed by atoms with E-state index in [0.717, 1.165) is 11.2 Å². The van der Waals surface area contributed by atoms with Gasteiger partial charge < -0.3 is 14.3 Å². The van der Waals surface area contributed by atoms with Crippen LogP contribution in [-0.2, 0) is 15.5 Å². The van der Waals surface area contributed by atoms with Crippen LogP contribution < -0.4 is 5.46 Å². The monoisotopic (exact) mass is 531 g/mol. The average Bonchev–Trinajstić information content (AvgIpc) is 3.23. The minimum absolute atomic E-state index is 0.136. The van der Waals surface area contributed by atoms with Crippen LogP contribution in [0.2, 0.25) is 0 Å². The molecule has 1 aliphatic carbocycles. The molecule has 0 atom stereocenters. The van der Waals surface area contributed by atoms with E-state index in [1.165, 1.54) is 56.5 Å². The molecule has 4 aromatic carbocycles. The molecule has 206 valence electrons. The second-order valence-electron chi connectivity index (χ2n) is 14.2. The van der Waals surface area contributed by atoms with Crippen molar-refractivity contribution in [3.05, 3.63) is 83.9 Å². The van der Waals surface area contributed by atoms with Gasteiger partial charge in [0.25, 0.3) is 0 Å². The summed E-state index contributed by atoms with van der Waals surface area (Å²) in [5, 5.41) is 15.7. The van der Waals surface area contributed by atoms with Gasteiger partial charge in [-0.15, -0.1) is 0 Å². The molecule has 0 unspecified atom stereocenters. The Kier molecular flexibility index (Phi) is 6.07. The molecule has 4 heteroatoms. The number of nitrogens with zero attached hydrogens (tertiary/aromatic N) is 1. The van der Waals surface area contributed by atoms with Gasteiger partial charge in [-0.1, -0.05) is 75.6 Å². The number of hydrogen-bond acceptors (Lipinski definition) is 2. The Hall–Kier alpha value is -3.08. The third kappa shape index (κ3) is 4.28. The summed E-state index contributed by atoms with van der Waals surface area (Å²) in [6.45, 7) is 17.1. The molecule has 1 N–H and O–H groups in total. The highest BCUT2D eigenvalue weighted by molar-refractivity contribution is 6.47. The molecule has 0 fully saturated rings. The third-order valence-electron chi connectivity index (χ3n) is 9.89. The Morgan fingerprint density at radius 2 is 1.38 bits per heavy atom. The Bertz CT molecular complexity index is 1750. The van der Waals surface area contributed by atoms with Gasteiger partial charge in [-0.25, -0.2) is 0 Å². The predicted molar refractivity (Wildman–Crippen MR) is 172 cm³/mol.